The molecule has 0 saturated heterocycles. The third kappa shape index (κ3) is 4.50. The van der Waals surface area contributed by atoms with Crippen LogP contribution in [0.15, 0.2) is 47.4 Å². The molecule has 5 nitrogen and oxygen atoms in total. The highest BCUT2D eigenvalue weighted by atomic mass is 32.2. The molecule has 0 fully saturated rings. The fourth-order valence-corrected chi connectivity index (χ4v) is 2.42. The molecule has 0 heterocycles. The summed E-state index contributed by atoms with van der Waals surface area (Å²) in [4.78, 5) is 24.5. The van der Waals surface area contributed by atoms with Crippen molar-refractivity contribution < 1.29 is 14.3 Å². The first-order valence-electron chi connectivity index (χ1n) is 6.94. The summed E-state index contributed by atoms with van der Waals surface area (Å²) in [6.07, 6.45) is 1.98. The summed E-state index contributed by atoms with van der Waals surface area (Å²) in [5.74, 6) is 0.0942. The zero-order valence-electron chi connectivity index (χ0n) is 13.2. The van der Waals surface area contributed by atoms with E-state index >= 15 is 0 Å². The Kier molecular flexibility index (Phi) is 5.65. The molecule has 0 aliphatic heterocycles. The molecule has 120 valence electrons. The number of methoxy groups -OCH3 is 1. The third-order valence-electron chi connectivity index (χ3n) is 3.12. The smallest absolute Gasteiger partial charge is 0.255 e. The van der Waals surface area contributed by atoms with Gasteiger partial charge in [0.05, 0.1) is 12.8 Å². The predicted molar refractivity (Wildman–Crippen MR) is 93.5 cm³/mol. The summed E-state index contributed by atoms with van der Waals surface area (Å²) in [5, 5.41) is 5.48. The van der Waals surface area contributed by atoms with E-state index in [0.717, 1.165) is 4.90 Å². The number of rotatable bonds is 5. The van der Waals surface area contributed by atoms with Crippen molar-refractivity contribution in [2.24, 2.45) is 0 Å². The molecular weight excluding hydrogens is 312 g/mol. The number of benzene rings is 2. The van der Waals surface area contributed by atoms with E-state index < -0.39 is 0 Å². The Labute approximate surface area is 139 Å². The number of nitrogens with one attached hydrogen (secondary N) is 2. The van der Waals surface area contributed by atoms with E-state index in [9.17, 15) is 9.59 Å². The van der Waals surface area contributed by atoms with E-state index in [-0.39, 0.29) is 11.8 Å². The van der Waals surface area contributed by atoms with Gasteiger partial charge in [-0.25, -0.2) is 0 Å². The van der Waals surface area contributed by atoms with Gasteiger partial charge in [-0.2, -0.15) is 0 Å². The summed E-state index contributed by atoms with van der Waals surface area (Å²) >= 11 is 1.62. The van der Waals surface area contributed by atoms with Crippen LogP contribution in [0.5, 0.6) is 5.75 Å². The Balaban J connectivity index is 2.15. The highest BCUT2D eigenvalue weighted by Gasteiger charge is 2.09. The first-order chi connectivity index (χ1) is 11.0. The quantitative estimate of drug-likeness (QED) is 0.822. The lowest BCUT2D eigenvalue weighted by molar-refractivity contribution is -0.114. The van der Waals surface area contributed by atoms with Crippen molar-refractivity contribution in [3.63, 3.8) is 0 Å². The standard InChI is InChI=1S/C17H18N2O3S/c1-11(20)18-15-9-6-13(10-16(15)22-2)19-17(21)12-4-7-14(23-3)8-5-12/h4-10H,1-3H3,(H,18,20)(H,19,21). The van der Waals surface area contributed by atoms with Crippen LogP contribution in [0, 0.1) is 0 Å². The minimum Gasteiger partial charge on any atom is -0.494 e. The SMILES string of the molecule is COc1cc(NC(=O)c2ccc(SC)cc2)ccc1NC(C)=O. The van der Waals surface area contributed by atoms with Gasteiger partial charge in [-0.3, -0.25) is 9.59 Å². The maximum Gasteiger partial charge on any atom is 0.255 e. The summed E-state index contributed by atoms with van der Waals surface area (Å²) in [6, 6.07) is 12.4. The normalized spacial score (nSPS) is 10.0. The molecular formula is C17H18N2O3S. The van der Waals surface area contributed by atoms with Gasteiger partial charge < -0.3 is 15.4 Å². The van der Waals surface area contributed by atoms with Gasteiger partial charge in [0.2, 0.25) is 5.91 Å². The summed E-state index contributed by atoms with van der Waals surface area (Å²) in [7, 11) is 1.51. The topological polar surface area (TPSA) is 67.4 Å². The van der Waals surface area contributed by atoms with Gasteiger partial charge in [0.15, 0.2) is 0 Å². The van der Waals surface area contributed by atoms with Crippen LogP contribution >= 0.6 is 11.8 Å². The molecule has 2 aromatic rings. The molecule has 0 bridgehead atoms. The van der Waals surface area contributed by atoms with E-state index in [4.69, 9.17) is 4.74 Å². The number of amides is 2. The average Bonchev–Trinajstić information content (AvgIpc) is 2.55. The van der Waals surface area contributed by atoms with Crippen molar-refractivity contribution in [3.8, 4) is 5.75 Å². The van der Waals surface area contributed by atoms with Gasteiger partial charge in [0.25, 0.3) is 5.91 Å². The number of anilines is 2. The summed E-state index contributed by atoms with van der Waals surface area (Å²) in [6.45, 7) is 1.42. The van der Waals surface area contributed by atoms with Crippen molar-refractivity contribution in [1.82, 2.24) is 0 Å². The lowest BCUT2D eigenvalue weighted by Gasteiger charge is -2.12. The Morgan fingerprint density at radius 2 is 1.74 bits per heavy atom. The van der Waals surface area contributed by atoms with Crippen LogP contribution in [0.2, 0.25) is 0 Å². The zero-order valence-corrected chi connectivity index (χ0v) is 14.0. The fraction of sp³-hybridized carbons (Fsp3) is 0.176. The predicted octanol–water partition coefficient (Wildman–Crippen LogP) is 3.63. The minimum absolute atomic E-state index is 0.186. The maximum absolute atomic E-state index is 12.2. The van der Waals surface area contributed by atoms with Crippen molar-refractivity contribution in [3.05, 3.63) is 48.0 Å². The molecule has 0 aliphatic carbocycles. The van der Waals surface area contributed by atoms with E-state index in [2.05, 4.69) is 10.6 Å². The fourth-order valence-electron chi connectivity index (χ4n) is 2.01. The first-order valence-corrected chi connectivity index (χ1v) is 8.17. The Morgan fingerprint density at radius 3 is 2.30 bits per heavy atom. The van der Waals surface area contributed by atoms with E-state index in [1.807, 2.05) is 18.4 Å². The van der Waals surface area contributed by atoms with Gasteiger partial charge in [-0.05, 0) is 42.7 Å². The minimum atomic E-state index is -0.202. The monoisotopic (exact) mass is 330 g/mol. The van der Waals surface area contributed by atoms with Crippen LogP contribution < -0.4 is 15.4 Å². The maximum atomic E-state index is 12.2. The molecule has 0 radical (unpaired) electrons. The number of hydrogen-bond acceptors (Lipinski definition) is 4. The second kappa shape index (κ2) is 7.69. The Morgan fingerprint density at radius 1 is 1.04 bits per heavy atom. The molecule has 0 spiro atoms. The molecule has 0 aliphatic rings. The molecule has 0 aromatic heterocycles. The molecule has 0 atom stereocenters. The van der Waals surface area contributed by atoms with E-state index in [1.54, 1.807) is 42.1 Å². The van der Waals surface area contributed by atoms with Crippen molar-refractivity contribution in [2.75, 3.05) is 24.0 Å². The molecule has 6 heteroatoms. The third-order valence-corrected chi connectivity index (χ3v) is 3.87. The molecule has 2 aromatic carbocycles. The summed E-state index contributed by atoms with van der Waals surface area (Å²) < 4.78 is 5.24. The van der Waals surface area contributed by atoms with E-state index in [1.165, 1.54) is 14.0 Å². The average molecular weight is 330 g/mol. The molecule has 0 saturated carbocycles. The van der Waals surface area contributed by atoms with Gasteiger partial charge in [0, 0.05) is 29.1 Å². The highest BCUT2D eigenvalue weighted by molar-refractivity contribution is 7.98. The van der Waals surface area contributed by atoms with Crippen LogP contribution in [0.25, 0.3) is 0 Å². The molecule has 0 unspecified atom stereocenters. The first kappa shape index (κ1) is 16.9. The second-order valence-corrected chi connectivity index (χ2v) is 5.66. The Hall–Kier alpha value is -2.47. The van der Waals surface area contributed by atoms with Crippen LogP contribution in [-0.2, 0) is 4.79 Å². The van der Waals surface area contributed by atoms with Crippen LogP contribution in [0.4, 0.5) is 11.4 Å². The van der Waals surface area contributed by atoms with E-state index in [0.29, 0.717) is 22.7 Å². The summed E-state index contributed by atoms with van der Waals surface area (Å²) in [5.41, 5.74) is 1.73. The van der Waals surface area contributed by atoms with Gasteiger partial charge in [0.1, 0.15) is 5.75 Å². The van der Waals surface area contributed by atoms with Crippen LogP contribution in [-0.4, -0.2) is 25.2 Å². The lowest BCUT2D eigenvalue weighted by atomic mass is 10.2. The molecule has 2 rings (SSSR count). The van der Waals surface area contributed by atoms with Crippen molar-refractivity contribution in [1.29, 1.82) is 0 Å². The van der Waals surface area contributed by atoms with Crippen LogP contribution in [0.1, 0.15) is 17.3 Å². The number of carbonyl (C=O) groups excluding carboxylic acids is 2. The number of carbonyl (C=O) groups is 2. The van der Waals surface area contributed by atoms with Crippen molar-refractivity contribution in [2.45, 2.75) is 11.8 Å². The van der Waals surface area contributed by atoms with Gasteiger partial charge in [-0.15, -0.1) is 11.8 Å². The molecule has 23 heavy (non-hydrogen) atoms. The van der Waals surface area contributed by atoms with Crippen molar-refractivity contribution >= 4 is 35.0 Å². The number of ether oxygens (including phenoxy) is 1. The van der Waals surface area contributed by atoms with Crippen LogP contribution in [0.3, 0.4) is 0 Å². The number of thioether (sulfide) groups is 1. The lowest BCUT2D eigenvalue weighted by Crippen LogP contribution is -2.12. The van der Waals surface area contributed by atoms with Gasteiger partial charge >= 0.3 is 0 Å². The second-order valence-electron chi connectivity index (χ2n) is 4.78. The van der Waals surface area contributed by atoms with Gasteiger partial charge in [-0.1, -0.05) is 0 Å². The largest absolute Gasteiger partial charge is 0.494 e. The molecule has 2 N–H and O–H groups in total. The Bertz CT molecular complexity index is 714. The zero-order chi connectivity index (χ0) is 16.8. The highest BCUT2D eigenvalue weighted by Crippen LogP contribution is 2.28. The molecule has 2 amide bonds. The number of hydrogen-bond donors (Lipinski definition) is 2.